The first-order valence-electron chi connectivity index (χ1n) is 5.25. The van der Waals surface area contributed by atoms with Gasteiger partial charge in [0.05, 0.1) is 11.2 Å². The smallest absolute Gasteiger partial charge is 0.406 e. The number of aromatic nitrogens is 1. The molecule has 1 aliphatic rings. The Morgan fingerprint density at radius 2 is 2.24 bits per heavy atom. The molecule has 2 heterocycles. The Balaban J connectivity index is 2.17. The Bertz CT molecular complexity index is 645. The molecule has 1 amide bonds. The summed E-state index contributed by atoms with van der Waals surface area (Å²) in [6, 6.07) is 5.29. The molecule has 2 aromatic rings. The Labute approximate surface area is 102 Å². The van der Waals surface area contributed by atoms with Crippen molar-refractivity contribution >= 4 is 35.3 Å². The lowest BCUT2D eigenvalue weighted by Crippen LogP contribution is -2.24. The summed E-state index contributed by atoms with van der Waals surface area (Å²) >= 11 is 4.30. The molecule has 88 valence electrons. The third-order valence-electron chi connectivity index (χ3n) is 2.82. The molecule has 3 rings (SSSR count). The van der Waals surface area contributed by atoms with Crippen LogP contribution in [0.15, 0.2) is 27.4 Å². The van der Waals surface area contributed by atoms with Crippen LogP contribution in [0.5, 0.6) is 0 Å². The van der Waals surface area contributed by atoms with E-state index in [1.54, 1.807) is 23.1 Å². The number of hydrogen-bond acceptors (Lipinski definition) is 4. The molecular weight excluding hydrogens is 240 g/mol. The van der Waals surface area contributed by atoms with Gasteiger partial charge in [0.1, 0.15) is 0 Å². The number of nitrogens with one attached hydrogen (secondary N) is 1. The second kappa shape index (κ2) is 3.66. The highest BCUT2D eigenvalue weighted by Crippen LogP contribution is 2.29. The van der Waals surface area contributed by atoms with Crippen molar-refractivity contribution in [2.75, 3.05) is 11.4 Å². The number of fused-ring (bicyclic) bond motifs is 1. The van der Waals surface area contributed by atoms with Gasteiger partial charge in [-0.1, -0.05) is 6.07 Å². The van der Waals surface area contributed by atoms with Gasteiger partial charge in [0, 0.05) is 18.2 Å². The van der Waals surface area contributed by atoms with Crippen LogP contribution in [0.1, 0.15) is 6.42 Å². The Hall–Kier alpha value is -1.69. The van der Waals surface area contributed by atoms with Crippen molar-refractivity contribution in [2.45, 2.75) is 11.7 Å². The van der Waals surface area contributed by atoms with Gasteiger partial charge in [-0.15, -0.1) is 0 Å². The first-order chi connectivity index (χ1) is 8.15. The maximum Gasteiger partial charge on any atom is 0.417 e. The monoisotopic (exact) mass is 250 g/mol. The van der Waals surface area contributed by atoms with E-state index in [4.69, 9.17) is 4.42 Å². The predicted molar refractivity (Wildman–Crippen MR) is 66.6 cm³/mol. The van der Waals surface area contributed by atoms with Gasteiger partial charge in [-0.25, -0.2) is 4.79 Å². The summed E-state index contributed by atoms with van der Waals surface area (Å²) in [5, 5.41) is 0.0309. The zero-order valence-corrected chi connectivity index (χ0v) is 9.74. The van der Waals surface area contributed by atoms with Crippen molar-refractivity contribution in [3.63, 3.8) is 0 Å². The molecule has 0 saturated carbocycles. The molecular formula is C11H10N2O3S. The zero-order valence-electron chi connectivity index (χ0n) is 8.84. The molecule has 0 aliphatic carbocycles. The maximum atomic E-state index is 11.8. The minimum absolute atomic E-state index is 0.00125. The highest BCUT2D eigenvalue weighted by atomic mass is 32.1. The van der Waals surface area contributed by atoms with Crippen LogP contribution in [-0.4, -0.2) is 22.7 Å². The van der Waals surface area contributed by atoms with Gasteiger partial charge < -0.3 is 9.32 Å². The molecule has 0 spiro atoms. The van der Waals surface area contributed by atoms with Crippen LogP contribution in [0.25, 0.3) is 11.1 Å². The molecule has 1 unspecified atom stereocenters. The van der Waals surface area contributed by atoms with E-state index in [2.05, 4.69) is 17.6 Å². The van der Waals surface area contributed by atoms with Crippen molar-refractivity contribution in [2.24, 2.45) is 0 Å². The number of carbonyl (C=O) groups is 1. The number of H-pyrrole nitrogens is 1. The van der Waals surface area contributed by atoms with Crippen LogP contribution in [0.2, 0.25) is 0 Å². The van der Waals surface area contributed by atoms with Gasteiger partial charge >= 0.3 is 5.76 Å². The number of thiol groups is 1. The number of para-hydroxylation sites is 1. The van der Waals surface area contributed by atoms with Crippen LogP contribution in [0.3, 0.4) is 0 Å². The van der Waals surface area contributed by atoms with Crippen molar-refractivity contribution in [3.8, 4) is 0 Å². The lowest BCUT2D eigenvalue weighted by atomic mass is 10.2. The molecule has 0 radical (unpaired) electrons. The molecule has 0 bridgehead atoms. The topological polar surface area (TPSA) is 66.3 Å². The number of rotatable bonds is 1. The lowest BCUT2D eigenvalue weighted by Gasteiger charge is -2.15. The van der Waals surface area contributed by atoms with Crippen LogP contribution >= 0.6 is 12.6 Å². The SMILES string of the molecule is O=C1CC(S)CN1c1cccc2[nH]c(=O)oc12. The number of benzene rings is 1. The second-order valence-electron chi connectivity index (χ2n) is 4.03. The van der Waals surface area contributed by atoms with Gasteiger partial charge in [0.25, 0.3) is 0 Å². The average molecular weight is 250 g/mol. The lowest BCUT2D eigenvalue weighted by molar-refractivity contribution is -0.117. The molecule has 6 heteroatoms. The predicted octanol–water partition coefficient (Wildman–Crippen LogP) is 1.16. The normalized spacial score (nSPS) is 20.4. The highest BCUT2D eigenvalue weighted by molar-refractivity contribution is 7.81. The first-order valence-corrected chi connectivity index (χ1v) is 5.77. The van der Waals surface area contributed by atoms with E-state index < -0.39 is 5.76 Å². The van der Waals surface area contributed by atoms with E-state index in [0.29, 0.717) is 29.8 Å². The fourth-order valence-electron chi connectivity index (χ4n) is 2.09. The summed E-state index contributed by atoms with van der Waals surface area (Å²) in [5.41, 5.74) is 1.65. The van der Waals surface area contributed by atoms with E-state index in [1.807, 2.05) is 0 Å². The molecule has 1 saturated heterocycles. The molecule has 1 atom stereocenters. The Kier molecular flexibility index (Phi) is 2.25. The van der Waals surface area contributed by atoms with E-state index in [1.165, 1.54) is 0 Å². The van der Waals surface area contributed by atoms with E-state index in [9.17, 15) is 9.59 Å². The summed E-state index contributed by atoms with van der Waals surface area (Å²) < 4.78 is 5.07. The summed E-state index contributed by atoms with van der Waals surface area (Å²) in [7, 11) is 0. The third kappa shape index (κ3) is 1.64. The van der Waals surface area contributed by atoms with Crippen molar-refractivity contribution < 1.29 is 9.21 Å². The minimum Gasteiger partial charge on any atom is -0.406 e. The Morgan fingerprint density at radius 1 is 1.41 bits per heavy atom. The summed E-state index contributed by atoms with van der Waals surface area (Å²) in [4.78, 5) is 27.1. The minimum atomic E-state index is -0.512. The third-order valence-corrected chi connectivity index (χ3v) is 3.17. The average Bonchev–Trinajstić information content (AvgIpc) is 2.79. The molecule has 1 aliphatic heterocycles. The number of carbonyl (C=O) groups excluding carboxylic acids is 1. The van der Waals surface area contributed by atoms with Crippen LogP contribution in [0.4, 0.5) is 5.69 Å². The van der Waals surface area contributed by atoms with E-state index in [0.717, 1.165) is 0 Å². The van der Waals surface area contributed by atoms with Gasteiger partial charge in [-0.05, 0) is 12.1 Å². The van der Waals surface area contributed by atoms with Gasteiger partial charge in [-0.2, -0.15) is 12.6 Å². The number of aromatic amines is 1. The van der Waals surface area contributed by atoms with Crippen LogP contribution < -0.4 is 10.7 Å². The van der Waals surface area contributed by atoms with Crippen molar-refractivity contribution in [1.29, 1.82) is 0 Å². The number of nitrogens with zero attached hydrogens (tertiary/aromatic N) is 1. The molecule has 1 N–H and O–H groups in total. The van der Waals surface area contributed by atoms with Gasteiger partial charge in [0.15, 0.2) is 5.58 Å². The van der Waals surface area contributed by atoms with Crippen LogP contribution in [-0.2, 0) is 4.79 Å². The van der Waals surface area contributed by atoms with Gasteiger partial charge in [-0.3, -0.25) is 9.78 Å². The summed E-state index contributed by atoms with van der Waals surface area (Å²) in [5.74, 6) is -0.511. The molecule has 1 fully saturated rings. The molecule has 17 heavy (non-hydrogen) atoms. The molecule has 1 aromatic carbocycles. The summed E-state index contributed by atoms with van der Waals surface area (Å²) in [6.45, 7) is 0.538. The second-order valence-corrected chi connectivity index (χ2v) is 4.76. The van der Waals surface area contributed by atoms with Gasteiger partial charge in [0.2, 0.25) is 5.91 Å². The van der Waals surface area contributed by atoms with Crippen LogP contribution in [0, 0.1) is 0 Å². The quantitative estimate of drug-likeness (QED) is 0.746. The fourth-order valence-corrected chi connectivity index (χ4v) is 2.41. The maximum absolute atomic E-state index is 11.8. The van der Waals surface area contributed by atoms with Crippen molar-refractivity contribution in [1.82, 2.24) is 4.98 Å². The zero-order chi connectivity index (χ0) is 12.0. The fraction of sp³-hybridized carbons (Fsp3) is 0.273. The molecule has 1 aromatic heterocycles. The summed E-state index contributed by atoms with van der Waals surface area (Å²) in [6.07, 6.45) is 0.411. The number of hydrogen-bond donors (Lipinski definition) is 2. The number of amides is 1. The standard InChI is InChI=1S/C11H10N2O3S/c14-9-4-6(17)5-13(9)8-3-1-2-7-10(8)16-11(15)12-7/h1-3,6,17H,4-5H2,(H,12,15). The van der Waals surface area contributed by atoms with E-state index >= 15 is 0 Å². The van der Waals surface area contributed by atoms with Crippen molar-refractivity contribution in [3.05, 3.63) is 28.7 Å². The highest BCUT2D eigenvalue weighted by Gasteiger charge is 2.30. The Morgan fingerprint density at radius 3 is 2.94 bits per heavy atom. The number of oxazole rings is 1. The van der Waals surface area contributed by atoms with E-state index in [-0.39, 0.29) is 11.2 Å². The molecule has 5 nitrogen and oxygen atoms in total. The first kappa shape index (κ1) is 10.5. The largest absolute Gasteiger partial charge is 0.417 e. The number of anilines is 1.